The summed E-state index contributed by atoms with van der Waals surface area (Å²) < 4.78 is 4.95. The van der Waals surface area contributed by atoms with Crippen molar-refractivity contribution in [1.82, 2.24) is 9.97 Å². The molecule has 0 aliphatic rings. The molecule has 27 heavy (non-hydrogen) atoms. The molecule has 1 N–H and O–H groups in total. The molecule has 138 valence electrons. The van der Waals surface area contributed by atoms with Crippen LogP contribution in [0.5, 0.6) is 0 Å². The van der Waals surface area contributed by atoms with Crippen molar-refractivity contribution in [3.63, 3.8) is 0 Å². The Morgan fingerprint density at radius 3 is 2.67 bits per heavy atom. The summed E-state index contributed by atoms with van der Waals surface area (Å²) in [5.74, 6) is -1.23. The van der Waals surface area contributed by atoms with Gasteiger partial charge in [-0.1, -0.05) is 53.0 Å². The summed E-state index contributed by atoms with van der Waals surface area (Å²) in [6.45, 7) is 1.55. The van der Waals surface area contributed by atoms with E-state index in [0.29, 0.717) is 5.13 Å². The molecule has 6 nitrogen and oxygen atoms in total. The number of halogens is 2. The molecule has 0 spiro atoms. The van der Waals surface area contributed by atoms with Gasteiger partial charge in [-0.3, -0.25) is 10.1 Å². The Labute approximate surface area is 169 Å². The number of esters is 1. The van der Waals surface area contributed by atoms with Gasteiger partial charge in [0.25, 0.3) is 5.91 Å². The van der Waals surface area contributed by atoms with E-state index in [0.717, 1.165) is 16.8 Å². The zero-order valence-electron chi connectivity index (χ0n) is 14.0. The molecule has 0 radical (unpaired) electrons. The number of carbonyl (C=O) groups is 2. The van der Waals surface area contributed by atoms with Crippen molar-refractivity contribution in [2.45, 2.75) is 6.92 Å². The van der Waals surface area contributed by atoms with Crippen LogP contribution in [0.15, 0.2) is 41.9 Å². The number of pyridine rings is 1. The number of nitrogens with one attached hydrogen (secondary N) is 1. The molecule has 0 aliphatic heterocycles. The first-order chi connectivity index (χ1) is 12.9. The molecule has 0 saturated carbocycles. The average molecular weight is 422 g/mol. The fraction of sp³-hybridized carbons (Fsp3) is 0.111. The zero-order valence-corrected chi connectivity index (χ0v) is 16.4. The van der Waals surface area contributed by atoms with Gasteiger partial charge in [-0.2, -0.15) is 0 Å². The summed E-state index contributed by atoms with van der Waals surface area (Å²) >= 11 is 12.8. The number of thiazole rings is 1. The van der Waals surface area contributed by atoms with Gasteiger partial charge in [-0.25, -0.2) is 14.8 Å². The zero-order chi connectivity index (χ0) is 19.4. The van der Waals surface area contributed by atoms with Crippen molar-refractivity contribution in [3.05, 3.63) is 63.2 Å². The molecule has 2 aromatic heterocycles. The van der Waals surface area contributed by atoms with Gasteiger partial charge in [0.1, 0.15) is 5.15 Å². The summed E-state index contributed by atoms with van der Waals surface area (Å²) in [6, 6.07) is 9.23. The minimum atomic E-state index is -0.726. The van der Waals surface area contributed by atoms with E-state index in [-0.39, 0.29) is 15.7 Å². The van der Waals surface area contributed by atoms with E-state index in [1.165, 1.54) is 23.6 Å². The predicted octanol–water partition coefficient (Wildman–Crippen LogP) is 4.62. The van der Waals surface area contributed by atoms with E-state index in [2.05, 4.69) is 15.3 Å². The maximum Gasteiger partial charge on any atom is 0.340 e. The Balaban J connectivity index is 1.55. The quantitative estimate of drug-likeness (QED) is 0.480. The van der Waals surface area contributed by atoms with Crippen molar-refractivity contribution >= 4 is 51.5 Å². The summed E-state index contributed by atoms with van der Waals surface area (Å²) in [5, 5.41) is 5.07. The molecule has 0 bridgehead atoms. The summed E-state index contributed by atoms with van der Waals surface area (Å²) in [7, 11) is 0. The van der Waals surface area contributed by atoms with Gasteiger partial charge in [-0.15, -0.1) is 11.3 Å². The second-order valence-electron chi connectivity index (χ2n) is 5.52. The van der Waals surface area contributed by atoms with E-state index in [1.807, 2.05) is 36.6 Å². The standard InChI is InChI=1S/C18H13Cl2N3O3S/c1-10-2-4-11(5-3-10)14-9-27-18(22-14)23-15(24)8-26-17(25)12-6-13(19)16(20)21-7-12/h2-7,9H,8H2,1H3,(H,22,23,24). The van der Waals surface area contributed by atoms with Gasteiger partial charge >= 0.3 is 5.97 Å². The number of hydrogen-bond acceptors (Lipinski definition) is 6. The van der Waals surface area contributed by atoms with Crippen LogP contribution in [0.25, 0.3) is 11.3 Å². The number of anilines is 1. The number of aryl methyl sites for hydroxylation is 1. The summed E-state index contributed by atoms with van der Waals surface area (Å²) in [5.41, 5.74) is 2.97. The maximum atomic E-state index is 12.0. The molecule has 2 heterocycles. The summed E-state index contributed by atoms with van der Waals surface area (Å²) in [4.78, 5) is 32.0. The van der Waals surface area contributed by atoms with E-state index in [9.17, 15) is 9.59 Å². The van der Waals surface area contributed by atoms with Gasteiger partial charge in [-0.05, 0) is 13.0 Å². The van der Waals surface area contributed by atoms with E-state index >= 15 is 0 Å². The lowest BCUT2D eigenvalue weighted by Crippen LogP contribution is -2.21. The fourth-order valence-corrected chi connectivity index (χ4v) is 3.10. The molecule has 1 aromatic carbocycles. The lowest BCUT2D eigenvalue weighted by atomic mass is 10.1. The van der Waals surface area contributed by atoms with Crippen LogP contribution in [0.3, 0.4) is 0 Å². The SMILES string of the molecule is Cc1ccc(-c2csc(NC(=O)COC(=O)c3cnc(Cl)c(Cl)c3)n2)cc1. The normalized spacial score (nSPS) is 10.5. The molecule has 3 rings (SSSR count). The van der Waals surface area contributed by atoms with E-state index < -0.39 is 18.5 Å². The monoisotopic (exact) mass is 421 g/mol. The van der Waals surface area contributed by atoms with Crippen LogP contribution in [0.2, 0.25) is 10.2 Å². The number of rotatable bonds is 5. The van der Waals surface area contributed by atoms with Crippen LogP contribution in [0.4, 0.5) is 5.13 Å². The highest BCUT2D eigenvalue weighted by Crippen LogP contribution is 2.25. The highest BCUT2D eigenvalue weighted by Gasteiger charge is 2.14. The second-order valence-corrected chi connectivity index (χ2v) is 7.15. The van der Waals surface area contributed by atoms with Crippen LogP contribution < -0.4 is 5.32 Å². The van der Waals surface area contributed by atoms with Gasteiger partial charge < -0.3 is 4.74 Å². The van der Waals surface area contributed by atoms with E-state index in [1.54, 1.807) is 0 Å². The van der Waals surface area contributed by atoms with Crippen LogP contribution in [-0.4, -0.2) is 28.5 Å². The topological polar surface area (TPSA) is 81.2 Å². The number of hydrogen-bond donors (Lipinski definition) is 1. The Morgan fingerprint density at radius 1 is 1.22 bits per heavy atom. The van der Waals surface area contributed by atoms with Gasteiger partial charge in [0.2, 0.25) is 0 Å². The third kappa shape index (κ3) is 5.03. The number of benzene rings is 1. The van der Waals surface area contributed by atoms with Crippen molar-refractivity contribution in [3.8, 4) is 11.3 Å². The third-order valence-electron chi connectivity index (χ3n) is 3.46. The lowest BCUT2D eigenvalue weighted by molar-refractivity contribution is -0.119. The van der Waals surface area contributed by atoms with Gasteiger partial charge in [0.05, 0.1) is 16.3 Å². The number of ether oxygens (including phenoxy) is 1. The van der Waals surface area contributed by atoms with Gasteiger partial charge in [0, 0.05) is 17.1 Å². The van der Waals surface area contributed by atoms with Gasteiger partial charge in [0.15, 0.2) is 11.7 Å². The lowest BCUT2D eigenvalue weighted by Gasteiger charge is -2.05. The Kier molecular flexibility index (Phi) is 6.05. The molecule has 0 atom stereocenters. The fourth-order valence-electron chi connectivity index (χ4n) is 2.09. The largest absolute Gasteiger partial charge is 0.452 e. The molecule has 9 heteroatoms. The molecule has 0 unspecified atom stereocenters. The van der Waals surface area contributed by atoms with E-state index in [4.69, 9.17) is 27.9 Å². The first-order valence-electron chi connectivity index (χ1n) is 7.73. The highest BCUT2D eigenvalue weighted by molar-refractivity contribution is 7.14. The van der Waals surface area contributed by atoms with Crippen molar-refractivity contribution in [2.24, 2.45) is 0 Å². The third-order valence-corrected chi connectivity index (χ3v) is 4.91. The number of nitrogens with zero attached hydrogens (tertiary/aromatic N) is 2. The number of amides is 1. The second kappa shape index (κ2) is 8.47. The Bertz CT molecular complexity index is 990. The maximum absolute atomic E-state index is 12.0. The number of carbonyl (C=O) groups excluding carboxylic acids is 2. The first-order valence-corrected chi connectivity index (χ1v) is 9.36. The Morgan fingerprint density at radius 2 is 1.96 bits per heavy atom. The smallest absolute Gasteiger partial charge is 0.340 e. The minimum Gasteiger partial charge on any atom is -0.452 e. The van der Waals surface area contributed by atoms with Crippen molar-refractivity contribution in [1.29, 1.82) is 0 Å². The van der Waals surface area contributed by atoms with Crippen molar-refractivity contribution < 1.29 is 14.3 Å². The van der Waals surface area contributed by atoms with Crippen LogP contribution in [0, 0.1) is 6.92 Å². The minimum absolute atomic E-state index is 0.0825. The molecule has 1 amide bonds. The summed E-state index contributed by atoms with van der Waals surface area (Å²) in [6.07, 6.45) is 1.23. The van der Waals surface area contributed by atoms with Crippen LogP contribution >= 0.6 is 34.5 Å². The van der Waals surface area contributed by atoms with Crippen LogP contribution in [-0.2, 0) is 9.53 Å². The molecule has 0 fully saturated rings. The number of aromatic nitrogens is 2. The van der Waals surface area contributed by atoms with Crippen LogP contribution in [0.1, 0.15) is 15.9 Å². The molecule has 0 aliphatic carbocycles. The molecule has 0 saturated heterocycles. The predicted molar refractivity (Wildman–Crippen MR) is 105 cm³/mol. The molecular weight excluding hydrogens is 409 g/mol. The average Bonchev–Trinajstić information content (AvgIpc) is 3.11. The Hall–Kier alpha value is -2.48. The molecular formula is C18H13Cl2N3O3S. The highest BCUT2D eigenvalue weighted by atomic mass is 35.5. The molecule has 3 aromatic rings. The first kappa shape index (κ1) is 19.3. The van der Waals surface area contributed by atoms with Crippen molar-refractivity contribution in [2.75, 3.05) is 11.9 Å².